The third kappa shape index (κ3) is 5.42. The molecule has 0 fully saturated rings. The van der Waals surface area contributed by atoms with E-state index in [1.807, 2.05) is 27.7 Å². The van der Waals surface area contributed by atoms with Crippen molar-refractivity contribution < 1.29 is 34.1 Å². The maximum absolute atomic E-state index is 13.0. The first-order valence-electron chi connectivity index (χ1n) is 10.3. The van der Waals surface area contributed by atoms with Crippen molar-refractivity contribution in [1.29, 1.82) is 0 Å². The molecule has 0 aliphatic rings. The number of carbonyl (C=O) groups excluding carboxylic acids is 2. The number of carbonyl (C=O) groups is 4. The molecule has 1 atom stereocenters. The van der Waals surface area contributed by atoms with Crippen molar-refractivity contribution in [2.45, 2.75) is 33.7 Å². The molecule has 2 amide bonds. The van der Waals surface area contributed by atoms with Crippen molar-refractivity contribution in [1.82, 2.24) is 10.6 Å². The van der Waals surface area contributed by atoms with Crippen LogP contribution in [0.15, 0.2) is 24.3 Å². The lowest BCUT2D eigenvalue weighted by Gasteiger charge is -2.20. The van der Waals surface area contributed by atoms with Crippen LogP contribution < -0.4 is 10.6 Å². The molecule has 0 bridgehead atoms. The summed E-state index contributed by atoms with van der Waals surface area (Å²) in [5, 5.41) is 24.7. The van der Waals surface area contributed by atoms with Crippen molar-refractivity contribution in [3.63, 3.8) is 0 Å². The normalized spacial score (nSPS) is 11.9. The van der Waals surface area contributed by atoms with Gasteiger partial charge in [-0.05, 0) is 44.0 Å². The molecular weight excluding hydrogens is 416 g/mol. The van der Waals surface area contributed by atoms with Crippen LogP contribution >= 0.6 is 0 Å². The van der Waals surface area contributed by atoms with Gasteiger partial charge in [0.1, 0.15) is 0 Å². The second kappa shape index (κ2) is 10.7. The molecule has 9 nitrogen and oxygen atoms in total. The summed E-state index contributed by atoms with van der Waals surface area (Å²) < 4.78 is 5.19. The van der Waals surface area contributed by atoms with E-state index in [2.05, 4.69) is 10.6 Å². The van der Waals surface area contributed by atoms with E-state index in [1.54, 1.807) is 0 Å². The lowest BCUT2D eigenvalue weighted by atomic mass is 9.90. The van der Waals surface area contributed by atoms with Crippen LogP contribution in [0.1, 0.15) is 69.1 Å². The Morgan fingerprint density at radius 2 is 1.31 bits per heavy atom. The van der Waals surface area contributed by atoms with Gasteiger partial charge in [-0.15, -0.1) is 0 Å². The van der Waals surface area contributed by atoms with Gasteiger partial charge in [0.25, 0.3) is 11.8 Å². The molecule has 0 spiro atoms. The zero-order valence-corrected chi connectivity index (χ0v) is 18.5. The second-order valence-electron chi connectivity index (χ2n) is 7.64. The van der Waals surface area contributed by atoms with Crippen molar-refractivity contribution in [3.05, 3.63) is 46.5 Å². The molecule has 0 aliphatic heterocycles. The highest BCUT2D eigenvalue weighted by Gasteiger charge is 2.26. The van der Waals surface area contributed by atoms with Gasteiger partial charge in [0.2, 0.25) is 0 Å². The number of nitrogens with one attached hydrogen (secondary N) is 2. The van der Waals surface area contributed by atoms with Gasteiger partial charge in [-0.2, -0.15) is 0 Å². The molecule has 0 saturated heterocycles. The maximum atomic E-state index is 13.0. The monoisotopic (exact) mass is 444 g/mol. The molecule has 0 aliphatic carbocycles. The highest BCUT2D eigenvalue weighted by molar-refractivity contribution is 6.23. The largest absolute Gasteiger partial charge is 0.478 e. The number of rotatable bonds is 10. The van der Waals surface area contributed by atoms with Crippen LogP contribution in [0.2, 0.25) is 0 Å². The Labute approximate surface area is 185 Å². The van der Waals surface area contributed by atoms with Gasteiger partial charge in [0, 0.05) is 41.1 Å². The Morgan fingerprint density at radius 3 is 1.75 bits per heavy atom. The molecule has 0 saturated carbocycles. The molecule has 0 radical (unpaired) electrons. The van der Waals surface area contributed by atoms with E-state index in [1.165, 1.54) is 12.1 Å². The maximum Gasteiger partial charge on any atom is 0.336 e. The summed E-state index contributed by atoms with van der Waals surface area (Å²) in [7, 11) is 0. The number of carboxylic acid groups (broad SMARTS) is 2. The summed E-state index contributed by atoms with van der Waals surface area (Å²) in [4.78, 5) is 49.7. The lowest BCUT2D eigenvalue weighted by molar-refractivity contribution is 0.0684. The summed E-state index contributed by atoms with van der Waals surface area (Å²) in [5.41, 5.74) is -0.591. The number of carboxylic acids is 2. The van der Waals surface area contributed by atoms with Crippen LogP contribution in [0.4, 0.5) is 0 Å². The minimum atomic E-state index is -1.34. The van der Waals surface area contributed by atoms with Crippen molar-refractivity contribution in [2.75, 3.05) is 19.8 Å². The Hall–Kier alpha value is -3.46. The fraction of sp³-hybridized carbons (Fsp3) is 0.391. The summed E-state index contributed by atoms with van der Waals surface area (Å²) >= 11 is 0. The van der Waals surface area contributed by atoms with E-state index in [-0.39, 0.29) is 58.1 Å². The molecule has 4 N–H and O–H groups in total. The number of amides is 2. The van der Waals surface area contributed by atoms with Crippen LogP contribution in [0.3, 0.4) is 0 Å². The third-order valence-electron chi connectivity index (χ3n) is 5.21. The van der Waals surface area contributed by atoms with Gasteiger partial charge in [-0.25, -0.2) is 9.59 Å². The molecule has 0 heterocycles. The molecule has 2 rings (SSSR count). The van der Waals surface area contributed by atoms with Crippen LogP contribution in [-0.4, -0.2) is 59.8 Å². The predicted octanol–water partition coefficient (Wildman–Crippen LogP) is 2.78. The number of aromatic carboxylic acids is 2. The fourth-order valence-corrected chi connectivity index (χ4v) is 3.16. The fourth-order valence-electron chi connectivity index (χ4n) is 3.16. The van der Waals surface area contributed by atoms with Crippen LogP contribution in [-0.2, 0) is 4.74 Å². The number of hydrogen-bond donors (Lipinski definition) is 4. The van der Waals surface area contributed by atoms with Gasteiger partial charge in [0.05, 0.1) is 17.7 Å². The lowest BCUT2D eigenvalue weighted by Crippen LogP contribution is -2.36. The highest BCUT2D eigenvalue weighted by Crippen LogP contribution is 2.30. The van der Waals surface area contributed by atoms with E-state index in [0.717, 1.165) is 12.1 Å². The molecule has 172 valence electrons. The molecule has 2 aromatic carbocycles. The number of benzene rings is 2. The summed E-state index contributed by atoms with van der Waals surface area (Å²) in [6.07, 6.45) is 0. The van der Waals surface area contributed by atoms with E-state index >= 15 is 0 Å². The van der Waals surface area contributed by atoms with Crippen LogP contribution in [0.5, 0.6) is 0 Å². The Kier molecular flexibility index (Phi) is 8.31. The summed E-state index contributed by atoms with van der Waals surface area (Å²) in [5.74, 6) is -3.71. The first kappa shape index (κ1) is 24.8. The predicted molar refractivity (Wildman–Crippen MR) is 118 cm³/mol. The number of fused-ring (bicyclic) bond motifs is 1. The molecule has 1 unspecified atom stereocenters. The number of ether oxygens (including phenoxy) is 1. The van der Waals surface area contributed by atoms with E-state index in [4.69, 9.17) is 4.74 Å². The molecule has 0 aromatic heterocycles. The Morgan fingerprint density at radius 1 is 0.844 bits per heavy atom. The minimum absolute atomic E-state index is 0.0149. The van der Waals surface area contributed by atoms with E-state index in [0.29, 0.717) is 6.61 Å². The van der Waals surface area contributed by atoms with Crippen LogP contribution in [0.25, 0.3) is 10.8 Å². The average Bonchev–Trinajstić information content (AvgIpc) is 2.74. The summed E-state index contributed by atoms with van der Waals surface area (Å²) in [6, 6.07) is 4.73. The highest BCUT2D eigenvalue weighted by atomic mass is 16.5. The Bertz CT molecular complexity index is 1050. The molecule has 32 heavy (non-hydrogen) atoms. The van der Waals surface area contributed by atoms with E-state index in [9.17, 15) is 29.4 Å². The quantitative estimate of drug-likeness (QED) is 0.413. The van der Waals surface area contributed by atoms with Crippen molar-refractivity contribution >= 4 is 34.5 Å². The topological polar surface area (TPSA) is 142 Å². The van der Waals surface area contributed by atoms with Gasteiger partial charge in [-0.1, -0.05) is 13.8 Å². The first-order chi connectivity index (χ1) is 15.1. The molecular formula is C23H28N2O7. The second-order valence-corrected chi connectivity index (χ2v) is 7.64. The molecule has 9 heteroatoms. The standard InChI is InChI=1S/C23H28N2O7/c1-5-32-11-10-24-20(26)14-6-7-15(21(27)25-13(4)12(2)3)19-17(23(30)31)9-8-16(18(14)19)22(28)29/h6-9,12-13H,5,10-11H2,1-4H3,(H,24,26)(H,25,27)(H,28,29)(H,30,31). The van der Waals surface area contributed by atoms with E-state index < -0.39 is 23.8 Å². The van der Waals surface area contributed by atoms with Crippen LogP contribution in [0, 0.1) is 5.92 Å². The number of hydrogen-bond acceptors (Lipinski definition) is 5. The van der Waals surface area contributed by atoms with Crippen molar-refractivity contribution in [2.24, 2.45) is 5.92 Å². The zero-order chi connectivity index (χ0) is 24.0. The molecule has 2 aromatic rings. The SMILES string of the molecule is CCOCCNC(=O)c1ccc(C(=O)NC(C)C(C)C)c2c(C(=O)O)ccc(C(=O)O)c12. The minimum Gasteiger partial charge on any atom is -0.478 e. The third-order valence-corrected chi connectivity index (χ3v) is 5.21. The smallest absolute Gasteiger partial charge is 0.336 e. The first-order valence-corrected chi connectivity index (χ1v) is 10.3. The summed E-state index contributed by atoms with van der Waals surface area (Å²) in [6.45, 7) is 8.39. The van der Waals surface area contributed by atoms with Gasteiger partial charge in [-0.3, -0.25) is 9.59 Å². The Balaban J connectivity index is 2.73. The van der Waals surface area contributed by atoms with Crippen molar-refractivity contribution in [3.8, 4) is 0 Å². The van der Waals surface area contributed by atoms with Gasteiger partial charge < -0.3 is 25.6 Å². The average molecular weight is 444 g/mol. The zero-order valence-electron chi connectivity index (χ0n) is 18.5. The van der Waals surface area contributed by atoms with Gasteiger partial charge in [0.15, 0.2) is 0 Å². The van der Waals surface area contributed by atoms with Gasteiger partial charge >= 0.3 is 11.9 Å².